The molecule has 0 saturated heterocycles. The van der Waals surface area contributed by atoms with E-state index in [4.69, 9.17) is 9.47 Å². The molecule has 0 fully saturated rings. The second-order valence-corrected chi connectivity index (χ2v) is 5.27. The van der Waals surface area contributed by atoms with Crippen LogP contribution in [0.2, 0.25) is 0 Å². The van der Waals surface area contributed by atoms with Gasteiger partial charge in [0.2, 0.25) is 5.41 Å². The van der Waals surface area contributed by atoms with Crippen LogP contribution in [0, 0.1) is 5.82 Å². The summed E-state index contributed by atoms with van der Waals surface area (Å²) in [5.74, 6) is -1.93. The number of carbonyl (C=O) groups is 2. The van der Waals surface area contributed by atoms with E-state index >= 15 is 0 Å². The zero-order valence-corrected chi connectivity index (χ0v) is 13.2. The Morgan fingerprint density at radius 1 is 1.19 bits per heavy atom. The van der Waals surface area contributed by atoms with E-state index in [-0.39, 0.29) is 17.7 Å². The summed E-state index contributed by atoms with van der Waals surface area (Å²) in [7, 11) is 0. The van der Waals surface area contributed by atoms with Gasteiger partial charge in [-0.1, -0.05) is 22.0 Å². The molecule has 4 nitrogen and oxygen atoms in total. The van der Waals surface area contributed by atoms with Gasteiger partial charge in [-0.05, 0) is 43.2 Å². The Bertz CT molecular complexity index is 606. The Kier molecular flexibility index (Phi) is 4.46. The molecular weight excluding hydrogens is 343 g/mol. The summed E-state index contributed by atoms with van der Waals surface area (Å²) in [6, 6.07) is 3.87. The zero-order valence-electron chi connectivity index (χ0n) is 11.6. The lowest BCUT2D eigenvalue weighted by molar-refractivity contribution is -0.161. The molecule has 6 heteroatoms. The van der Waals surface area contributed by atoms with E-state index in [9.17, 15) is 14.0 Å². The molecule has 1 aliphatic carbocycles. The third-order valence-electron chi connectivity index (χ3n) is 3.22. The molecular formula is C15H14BrFO4. The second-order valence-electron chi connectivity index (χ2n) is 4.41. The number of rotatable bonds is 4. The molecule has 0 amide bonds. The minimum atomic E-state index is -1.71. The molecule has 21 heavy (non-hydrogen) atoms. The molecule has 0 aliphatic heterocycles. The fourth-order valence-corrected chi connectivity index (χ4v) is 3.13. The van der Waals surface area contributed by atoms with Gasteiger partial charge in [0.1, 0.15) is 5.82 Å². The Morgan fingerprint density at radius 3 is 2.29 bits per heavy atom. The molecule has 0 N–H and O–H groups in total. The molecule has 0 atom stereocenters. The highest BCUT2D eigenvalue weighted by atomic mass is 79.9. The van der Waals surface area contributed by atoms with Crippen LogP contribution >= 0.6 is 15.9 Å². The van der Waals surface area contributed by atoms with Gasteiger partial charge in [-0.25, -0.2) is 4.39 Å². The first-order chi connectivity index (χ1) is 9.98. The Balaban J connectivity index is 2.64. The van der Waals surface area contributed by atoms with Gasteiger partial charge < -0.3 is 9.47 Å². The summed E-state index contributed by atoms with van der Waals surface area (Å²) in [4.78, 5) is 24.9. The molecule has 1 aromatic rings. The van der Waals surface area contributed by atoms with Crippen molar-refractivity contribution in [2.75, 3.05) is 13.2 Å². The van der Waals surface area contributed by atoms with Gasteiger partial charge in [0, 0.05) is 4.48 Å². The average molecular weight is 357 g/mol. The highest BCUT2D eigenvalue weighted by molar-refractivity contribution is 9.12. The SMILES string of the molecule is CCOC(=O)C1(C(=O)OCC)C(Br)=Cc2cc(F)ccc21. The Hall–Kier alpha value is -1.69. The third kappa shape index (κ3) is 2.37. The topological polar surface area (TPSA) is 52.6 Å². The molecule has 0 aromatic heterocycles. The highest BCUT2D eigenvalue weighted by Crippen LogP contribution is 2.47. The molecule has 0 saturated carbocycles. The van der Waals surface area contributed by atoms with Crippen molar-refractivity contribution >= 4 is 33.9 Å². The first-order valence-corrected chi connectivity index (χ1v) is 7.29. The van der Waals surface area contributed by atoms with Gasteiger partial charge in [0.15, 0.2) is 0 Å². The molecule has 0 unspecified atom stereocenters. The van der Waals surface area contributed by atoms with Crippen LogP contribution in [-0.4, -0.2) is 25.2 Å². The molecule has 1 aliphatic rings. The van der Waals surface area contributed by atoms with E-state index in [0.717, 1.165) is 0 Å². The van der Waals surface area contributed by atoms with Crippen LogP contribution in [0.15, 0.2) is 22.7 Å². The van der Waals surface area contributed by atoms with Crippen molar-refractivity contribution in [1.82, 2.24) is 0 Å². The summed E-state index contributed by atoms with van der Waals surface area (Å²) in [6.45, 7) is 3.54. The van der Waals surface area contributed by atoms with Crippen molar-refractivity contribution in [2.45, 2.75) is 19.3 Å². The van der Waals surface area contributed by atoms with Gasteiger partial charge in [-0.2, -0.15) is 0 Å². The largest absolute Gasteiger partial charge is 0.465 e. The van der Waals surface area contributed by atoms with Crippen molar-refractivity contribution in [3.8, 4) is 0 Å². The molecule has 0 bridgehead atoms. The normalized spacial score (nSPS) is 15.1. The maximum atomic E-state index is 13.4. The van der Waals surface area contributed by atoms with Crippen LogP contribution in [0.3, 0.4) is 0 Å². The van der Waals surface area contributed by atoms with Crippen molar-refractivity contribution in [3.05, 3.63) is 39.6 Å². The predicted octanol–water partition coefficient (Wildman–Crippen LogP) is 2.94. The van der Waals surface area contributed by atoms with Gasteiger partial charge in [-0.15, -0.1) is 0 Å². The maximum Gasteiger partial charge on any atom is 0.333 e. The molecule has 1 aromatic carbocycles. The standard InChI is InChI=1S/C15H14BrFO4/c1-3-20-13(18)15(14(19)21-4-2)11-6-5-10(17)7-9(11)8-12(15)16/h5-8H,3-4H2,1-2H3. The number of fused-ring (bicyclic) bond motifs is 1. The van der Waals surface area contributed by atoms with E-state index in [2.05, 4.69) is 15.9 Å². The van der Waals surface area contributed by atoms with Gasteiger partial charge in [0.05, 0.1) is 13.2 Å². The number of ether oxygens (including phenoxy) is 2. The van der Waals surface area contributed by atoms with Gasteiger partial charge >= 0.3 is 11.9 Å². The molecule has 2 rings (SSSR count). The maximum absolute atomic E-state index is 13.4. The summed E-state index contributed by atoms with van der Waals surface area (Å²) in [6.07, 6.45) is 1.53. The van der Waals surface area contributed by atoms with Crippen molar-refractivity contribution in [2.24, 2.45) is 0 Å². The fourth-order valence-electron chi connectivity index (χ4n) is 2.34. The van der Waals surface area contributed by atoms with E-state index < -0.39 is 23.2 Å². The monoisotopic (exact) mass is 356 g/mol. The summed E-state index contributed by atoms with van der Waals surface area (Å²) in [5.41, 5.74) is -0.912. The van der Waals surface area contributed by atoms with Crippen molar-refractivity contribution in [1.29, 1.82) is 0 Å². The minimum Gasteiger partial charge on any atom is -0.465 e. The Morgan fingerprint density at radius 2 is 1.76 bits per heavy atom. The predicted molar refractivity (Wildman–Crippen MR) is 78.2 cm³/mol. The van der Waals surface area contributed by atoms with Gasteiger partial charge in [0.25, 0.3) is 0 Å². The quantitative estimate of drug-likeness (QED) is 0.614. The van der Waals surface area contributed by atoms with E-state index in [1.807, 2.05) is 0 Å². The molecule has 0 heterocycles. The van der Waals surface area contributed by atoms with Crippen LogP contribution in [0.5, 0.6) is 0 Å². The molecule has 0 radical (unpaired) electrons. The van der Waals surface area contributed by atoms with Crippen molar-refractivity contribution in [3.63, 3.8) is 0 Å². The summed E-state index contributed by atoms with van der Waals surface area (Å²) < 4.78 is 23.7. The average Bonchev–Trinajstić information content (AvgIpc) is 2.71. The number of carbonyl (C=O) groups excluding carboxylic acids is 2. The van der Waals surface area contributed by atoms with Crippen LogP contribution in [0.4, 0.5) is 4.39 Å². The van der Waals surface area contributed by atoms with E-state index in [1.54, 1.807) is 13.8 Å². The number of hydrogen-bond acceptors (Lipinski definition) is 4. The van der Waals surface area contributed by atoms with Crippen LogP contribution in [-0.2, 0) is 24.5 Å². The lowest BCUT2D eigenvalue weighted by Crippen LogP contribution is -2.45. The fraction of sp³-hybridized carbons (Fsp3) is 0.333. The molecule has 0 spiro atoms. The lowest BCUT2D eigenvalue weighted by atomic mass is 9.82. The van der Waals surface area contributed by atoms with Gasteiger partial charge in [-0.3, -0.25) is 9.59 Å². The number of esters is 2. The summed E-state index contributed by atoms with van der Waals surface area (Å²) >= 11 is 3.25. The number of benzene rings is 1. The van der Waals surface area contributed by atoms with Crippen LogP contribution < -0.4 is 0 Å². The first-order valence-electron chi connectivity index (χ1n) is 6.50. The number of halogens is 2. The first kappa shape index (κ1) is 15.7. The third-order valence-corrected chi connectivity index (χ3v) is 4.04. The number of hydrogen-bond donors (Lipinski definition) is 0. The van der Waals surface area contributed by atoms with Crippen LogP contribution in [0.25, 0.3) is 6.08 Å². The van der Waals surface area contributed by atoms with Crippen LogP contribution in [0.1, 0.15) is 25.0 Å². The van der Waals surface area contributed by atoms with E-state index in [0.29, 0.717) is 11.1 Å². The molecule has 112 valence electrons. The van der Waals surface area contributed by atoms with E-state index in [1.165, 1.54) is 24.3 Å². The highest BCUT2D eigenvalue weighted by Gasteiger charge is 2.56. The zero-order chi connectivity index (χ0) is 15.6. The van der Waals surface area contributed by atoms with Crippen molar-refractivity contribution < 1.29 is 23.5 Å². The smallest absolute Gasteiger partial charge is 0.333 e. The summed E-state index contributed by atoms with van der Waals surface area (Å²) in [5, 5.41) is 0. The lowest BCUT2D eigenvalue weighted by Gasteiger charge is -2.26. The second kappa shape index (κ2) is 5.97. The Labute approximate surface area is 130 Å². The minimum absolute atomic E-state index is 0.122.